The maximum Gasteiger partial charge on any atom is 0.466 e. The minimum absolute atomic E-state index is 0.648. The first-order chi connectivity index (χ1) is 7.00. The van der Waals surface area contributed by atoms with Gasteiger partial charge in [0.25, 0.3) is 0 Å². The van der Waals surface area contributed by atoms with E-state index in [1.54, 1.807) is 0 Å². The van der Waals surface area contributed by atoms with Gasteiger partial charge in [-0.25, -0.2) is 4.57 Å². The average Bonchev–Trinajstić information content (AvgIpc) is 2.11. The molecular formula is C6H15O9P. The first-order valence-corrected chi connectivity index (χ1v) is 5.51. The third-order valence-corrected chi connectivity index (χ3v) is 1.32. The van der Waals surface area contributed by atoms with E-state index in [-0.39, 0.29) is 0 Å². The van der Waals surface area contributed by atoms with Crippen LogP contribution in [0.15, 0.2) is 0 Å². The van der Waals surface area contributed by atoms with Crippen LogP contribution in [0, 0.1) is 0 Å². The number of carbonyl (C=O) groups is 1. The van der Waals surface area contributed by atoms with Crippen molar-refractivity contribution in [1.29, 1.82) is 0 Å². The molecule has 0 rings (SSSR count). The summed E-state index contributed by atoms with van der Waals surface area (Å²) in [6.45, 7) is 0.392. The van der Waals surface area contributed by atoms with E-state index in [9.17, 15) is 4.79 Å². The summed E-state index contributed by atoms with van der Waals surface area (Å²) in [6, 6.07) is 0. The topological polar surface area (TPSA) is 176 Å². The van der Waals surface area contributed by atoms with Crippen molar-refractivity contribution in [2.45, 2.75) is 25.2 Å². The summed E-state index contributed by atoms with van der Waals surface area (Å²) in [7, 11) is -4.64. The molecule has 0 aliphatic heterocycles. The quantitative estimate of drug-likeness (QED) is 0.256. The second-order valence-electron chi connectivity index (χ2n) is 2.81. The van der Waals surface area contributed by atoms with Crippen LogP contribution in [0.4, 0.5) is 0 Å². The van der Waals surface area contributed by atoms with E-state index in [0.29, 0.717) is 0 Å². The Bertz CT molecular complexity index is 240. The second kappa shape index (κ2) is 7.82. The van der Waals surface area contributed by atoms with Gasteiger partial charge < -0.3 is 35.1 Å². The van der Waals surface area contributed by atoms with Crippen LogP contribution in [0.5, 0.6) is 0 Å². The Morgan fingerprint density at radius 1 is 1.19 bits per heavy atom. The SMILES string of the molecule is CC(=O)[C@H](O)[C@H](O)[C@H](O)CO.O=P(O)(O)O. The zero-order valence-electron chi connectivity index (χ0n) is 8.33. The largest absolute Gasteiger partial charge is 0.466 e. The molecule has 16 heavy (non-hydrogen) atoms. The molecule has 0 fully saturated rings. The van der Waals surface area contributed by atoms with Gasteiger partial charge in [0.2, 0.25) is 0 Å². The van der Waals surface area contributed by atoms with Crippen LogP contribution in [0.25, 0.3) is 0 Å². The van der Waals surface area contributed by atoms with Crippen molar-refractivity contribution >= 4 is 13.6 Å². The molecule has 0 saturated heterocycles. The molecule has 0 heterocycles. The molecule has 0 aromatic carbocycles. The molecule has 9 nitrogen and oxygen atoms in total. The fourth-order valence-corrected chi connectivity index (χ4v) is 0.559. The standard InChI is InChI=1S/C6H12O5.H3O4P/c1-3(8)5(10)6(11)4(9)2-7;1-5(2,3)4/h4-7,9-11H,2H2,1H3;(H3,1,2,3,4)/t4-,5+,6-;/m1./s1. The molecular weight excluding hydrogens is 247 g/mol. The highest BCUT2D eigenvalue weighted by atomic mass is 31.2. The summed E-state index contributed by atoms with van der Waals surface area (Å²) in [5, 5.41) is 34.7. The Kier molecular flexibility index (Phi) is 8.80. The Morgan fingerprint density at radius 3 is 1.69 bits per heavy atom. The predicted octanol–water partition coefficient (Wildman–Crippen LogP) is -3.28. The van der Waals surface area contributed by atoms with Crippen molar-refractivity contribution in [3.8, 4) is 0 Å². The van der Waals surface area contributed by atoms with Crippen LogP contribution < -0.4 is 0 Å². The van der Waals surface area contributed by atoms with Crippen LogP contribution in [0.1, 0.15) is 6.92 Å². The number of aliphatic hydroxyl groups excluding tert-OH is 4. The molecule has 10 heteroatoms. The molecule has 0 aliphatic rings. The minimum Gasteiger partial charge on any atom is -0.394 e. The Labute approximate surface area is 90.8 Å². The highest BCUT2D eigenvalue weighted by Crippen LogP contribution is 2.25. The van der Waals surface area contributed by atoms with Gasteiger partial charge in [-0.15, -0.1) is 0 Å². The van der Waals surface area contributed by atoms with E-state index in [1.165, 1.54) is 0 Å². The minimum atomic E-state index is -4.64. The molecule has 0 aliphatic carbocycles. The van der Waals surface area contributed by atoms with Gasteiger partial charge in [0, 0.05) is 0 Å². The van der Waals surface area contributed by atoms with Crippen molar-refractivity contribution in [2.75, 3.05) is 6.61 Å². The lowest BCUT2D eigenvalue weighted by Crippen LogP contribution is -2.42. The number of hydrogen-bond acceptors (Lipinski definition) is 6. The number of ketones is 1. The molecule has 0 unspecified atom stereocenters. The first-order valence-electron chi connectivity index (χ1n) is 3.94. The normalized spacial score (nSPS) is 16.8. The monoisotopic (exact) mass is 262 g/mol. The van der Waals surface area contributed by atoms with Gasteiger partial charge in [-0.2, -0.15) is 0 Å². The maximum absolute atomic E-state index is 10.4. The van der Waals surface area contributed by atoms with Crippen molar-refractivity contribution in [3.63, 3.8) is 0 Å². The molecule has 7 N–H and O–H groups in total. The van der Waals surface area contributed by atoms with E-state index in [4.69, 9.17) is 39.7 Å². The van der Waals surface area contributed by atoms with E-state index < -0.39 is 38.5 Å². The van der Waals surface area contributed by atoms with Gasteiger partial charge in [0.1, 0.15) is 18.3 Å². The molecule has 3 atom stereocenters. The number of aliphatic hydroxyl groups is 4. The summed E-state index contributed by atoms with van der Waals surface area (Å²) >= 11 is 0. The van der Waals surface area contributed by atoms with Crippen LogP contribution in [-0.2, 0) is 9.36 Å². The van der Waals surface area contributed by atoms with Gasteiger partial charge in [0.15, 0.2) is 5.78 Å². The lowest BCUT2D eigenvalue weighted by atomic mass is 10.1. The summed E-state index contributed by atoms with van der Waals surface area (Å²) < 4.78 is 8.88. The molecule has 0 aromatic rings. The molecule has 0 spiro atoms. The predicted molar refractivity (Wildman–Crippen MR) is 50.1 cm³/mol. The summed E-state index contributed by atoms with van der Waals surface area (Å²) in [5.41, 5.74) is 0. The average molecular weight is 262 g/mol. The summed E-state index contributed by atoms with van der Waals surface area (Å²) in [6.07, 6.45) is -4.72. The number of hydrogen-bond donors (Lipinski definition) is 7. The van der Waals surface area contributed by atoms with Crippen LogP contribution in [0.3, 0.4) is 0 Å². The van der Waals surface area contributed by atoms with Crippen molar-refractivity contribution < 1.29 is 44.5 Å². The lowest BCUT2D eigenvalue weighted by Gasteiger charge is -2.18. The fraction of sp³-hybridized carbons (Fsp3) is 0.833. The number of rotatable bonds is 4. The molecule has 0 aromatic heterocycles. The molecule has 0 amide bonds. The number of Topliss-reactive ketones (excluding diaryl/α,β-unsaturated/α-hetero) is 1. The molecule has 0 saturated carbocycles. The fourth-order valence-electron chi connectivity index (χ4n) is 0.559. The Hall–Kier alpha value is -0.380. The van der Waals surface area contributed by atoms with Gasteiger partial charge >= 0.3 is 7.82 Å². The number of carbonyl (C=O) groups excluding carboxylic acids is 1. The zero-order valence-corrected chi connectivity index (χ0v) is 9.23. The zero-order chi connectivity index (χ0) is 13.5. The first kappa shape index (κ1) is 18.0. The van der Waals surface area contributed by atoms with Gasteiger partial charge in [-0.3, -0.25) is 4.79 Å². The van der Waals surface area contributed by atoms with E-state index >= 15 is 0 Å². The van der Waals surface area contributed by atoms with E-state index in [2.05, 4.69) is 0 Å². The molecule has 98 valence electrons. The van der Waals surface area contributed by atoms with E-state index in [0.717, 1.165) is 6.92 Å². The third kappa shape index (κ3) is 11.7. The summed E-state index contributed by atoms with van der Waals surface area (Å²) in [4.78, 5) is 32.0. The second-order valence-corrected chi connectivity index (χ2v) is 3.84. The highest BCUT2D eigenvalue weighted by molar-refractivity contribution is 7.45. The van der Waals surface area contributed by atoms with Crippen molar-refractivity contribution in [2.24, 2.45) is 0 Å². The van der Waals surface area contributed by atoms with Crippen LogP contribution in [-0.4, -0.2) is 65.8 Å². The van der Waals surface area contributed by atoms with Gasteiger partial charge in [-0.1, -0.05) is 0 Å². The lowest BCUT2D eigenvalue weighted by molar-refractivity contribution is -0.137. The molecule has 0 bridgehead atoms. The highest BCUT2D eigenvalue weighted by Gasteiger charge is 2.26. The van der Waals surface area contributed by atoms with E-state index in [1.807, 2.05) is 0 Å². The Balaban J connectivity index is 0. The smallest absolute Gasteiger partial charge is 0.394 e. The molecule has 0 radical (unpaired) electrons. The maximum atomic E-state index is 10.4. The van der Waals surface area contributed by atoms with Gasteiger partial charge in [0.05, 0.1) is 6.61 Å². The summed E-state index contributed by atoms with van der Waals surface area (Å²) in [5.74, 6) is -0.648. The van der Waals surface area contributed by atoms with Crippen LogP contribution >= 0.6 is 7.82 Å². The van der Waals surface area contributed by atoms with Crippen LogP contribution in [0.2, 0.25) is 0 Å². The van der Waals surface area contributed by atoms with Gasteiger partial charge in [-0.05, 0) is 6.92 Å². The number of phosphoric acid groups is 1. The third-order valence-electron chi connectivity index (χ3n) is 1.32. The van der Waals surface area contributed by atoms with Crippen molar-refractivity contribution in [1.82, 2.24) is 0 Å². The Morgan fingerprint density at radius 2 is 1.50 bits per heavy atom. The van der Waals surface area contributed by atoms with Crippen molar-refractivity contribution in [3.05, 3.63) is 0 Å².